The number of hydrogen-bond donors (Lipinski definition) is 1. The lowest BCUT2D eigenvalue weighted by atomic mass is 9.93. The van der Waals surface area contributed by atoms with Gasteiger partial charge in [-0.25, -0.2) is 15.0 Å². The molecule has 3 aromatic rings. The third-order valence-corrected chi connectivity index (χ3v) is 6.10. The molecule has 0 saturated carbocycles. The van der Waals surface area contributed by atoms with E-state index >= 15 is 0 Å². The average Bonchev–Trinajstić information content (AvgIpc) is 3.24. The molecule has 0 aliphatic heterocycles. The molecule has 11 heteroatoms. The predicted octanol–water partition coefficient (Wildman–Crippen LogP) is 5.14. The van der Waals surface area contributed by atoms with Crippen molar-refractivity contribution in [1.29, 1.82) is 0 Å². The van der Waals surface area contributed by atoms with Crippen molar-refractivity contribution in [3.8, 4) is 11.5 Å². The van der Waals surface area contributed by atoms with Gasteiger partial charge in [0, 0.05) is 22.6 Å². The molecular formula is C26H22Cl2N2O7. The molecule has 0 spiro atoms. The summed E-state index contributed by atoms with van der Waals surface area (Å²) in [5.41, 5.74) is 4.62. The van der Waals surface area contributed by atoms with E-state index in [0.29, 0.717) is 51.8 Å². The molecule has 2 aromatic carbocycles. The molecule has 192 valence electrons. The lowest BCUT2D eigenvalue weighted by Crippen LogP contribution is -2.27. The molecule has 0 fully saturated rings. The number of carbonyl (C=O) groups excluding carboxylic acids is 3. The van der Waals surface area contributed by atoms with Crippen LogP contribution in [0.5, 0.6) is 11.5 Å². The molecule has 0 unspecified atom stereocenters. The van der Waals surface area contributed by atoms with Crippen LogP contribution in [-0.2, 0) is 16.0 Å². The molecular weight excluding hydrogens is 523 g/mol. The number of rotatable bonds is 7. The highest BCUT2D eigenvalue weighted by atomic mass is 35.5. The summed E-state index contributed by atoms with van der Waals surface area (Å²) in [5.74, 6) is -0.462. The van der Waals surface area contributed by atoms with Crippen molar-refractivity contribution in [1.82, 2.24) is 5.43 Å². The van der Waals surface area contributed by atoms with Gasteiger partial charge in [-0.3, -0.25) is 4.79 Å². The third-order valence-electron chi connectivity index (χ3n) is 5.57. The molecule has 0 radical (unpaired) electrons. The molecule has 4 rings (SSSR count). The molecule has 1 amide bonds. The number of fused-ring (bicyclic) bond motifs is 1. The van der Waals surface area contributed by atoms with Crippen LogP contribution in [0, 0.1) is 6.92 Å². The second kappa shape index (κ2) is 11.5. The number of nitrogens with zero attached hydrogens (tertiary/aromatic N) is 1. The first-order valence-electron chi connectivity index (χ1n) is 11.2. The Hall–Kier alpha value is -3.82. The van der Waals surface area contributed by atoms with Crippen molar-refractivity contribution in [3.05, 3.63) is 80.7 Å². The molecule has 37 heavy (non-hydrogen) atoms. The van der Waals surface area contributed by atoms with Gasteiger partial charge >= 0.3 is 11.9 Å². The van der Waals surface area contributed by atoms with E-state index < -0.39 is 17.8 Å². The minimum absolute atomic E-state index is 0.0451. The molecule has 1 N–H and O–H groups in total. The summed E-state index contributed by atoms with van der Waals surface area (Å²) in [7, 11) is 1.28. The van der Waals surface area contributed by atoms with Gasteiger partial charge in [0.1, 0.15) is 17.3 Å². The third kappa shape index (κ3) is 6.12. The van der Waals surface area contributed by atoms with Gasteiger partial charge in [-0.2, -0.15) is 5.10 Å². The smallest absolute Gasteiger partial charge is 0.379 e. The van der Waals surface area contributed by atoms with Gasteiger partial charge in [0.05, 0.1) is 23.4 Å². The topological polar surface area (TPSA) is 116 Å². The first-order chi connectivity index (χ1) is 17.8. The normalized spacial score (nSPS) is 13.6. The minimum atomic E-state index is -0.686. The molecule has 1 heterocycles. The second-order valence-electron chi connectivity index (χ2n) is 8.07. The van der Waals surface area contributed by atoms with Crippen LogP contribution in [-0.4, -0.2) is 37.3 Å². The number of hydrogen-bond acceptors (Lipinski definition) is 8. The van der Waals surface area contributed by atoms with E-state index in [1.54, 1.807) is 19.1 Å². The largest absolute Gasteiger partial charge is 0.482 e. The number of hydrazone groups is 1. The van der Waals surface area contributed by atoms with Gasteiger partial charge < -0.3 is 18.6 Å². The fraction of sp³-hybridized carbons (Fsp3) is 0.231. The summed E-state index contributed by atoms with van der Waals surface area (Å²) in [6.45, 7) is 1.43. The Labute approximate surface area is 222 Å². The van der Waals surface area contributed by atoms with Crippen LogP contribution in [0.3, 0.4) is 0 Å². The van der Waals surface area contributed by atoms with Crippen LogP contribution < -0.4 is 14.9 Å². The van der Waals surface area contributed by atoms with E-state index in [1.165, 1.54) is 37.4 Å². The molecule has 1 aromatic heterocycles. The molecule has 1 aliphatic carbocycles. The van der Waals surface area contributed by atoms with Gasteiger partial charge in [0.25, 0.3) is 5.91 Å². The summed E-state index contributed by atoms with van der Waals surface area (Å²) >= 11 is 11.9. The van der Waals surface area contributed by atoms with Gasteiger partial charge in [-0.1, -0.05) is 23.2 Å². The van der Waals surface area contributed by atoms with Gasteiger partial charge in [-0.15, -0.1) is 0 Å². The van der Waals surface area contributed by atoms with Gasteiger partial charge in [0.2, 0.25) is 5.76 Å². The highest BCUT2D eigenvalue weighted by Crippen LogP contribution is 2.31. The van der Waals surface area contributed by atoms with E-state index in [0.717, 1.165) is 6.42 Å². The summed E-state index contributed by atoms with van der Waals surface area (Å²) in [6, 6.07) is 10.7. The quantitative estimate of drug-likeness (QED) is 0.248. The van der Waals surface area contributed by atoms with Crippen LogP contribution in [0.1, 0.15) is 50.6 Å². The van der Waals surface area contributed by atoms with E-state index in [-0.39, 0.29) is 23.1 Å². The highest BCUT2D eigenvalue weighted by molar-refractivity contribution is 6.35. The van der Waals surface area contributed by atoms with Crippen LogP contribution >= 0.6 is 23.2 Å². The summed E-state index contributed by atoms with van der Waals surface area (Å²) in [4.78, 5) is 36.7. The number of methoxy groups -OCH3 is 1. The fourth-order valence-electron chi connectivity index (χ4n) is 3.80. The van der Waals surface area contributed by atoms with Crippen LogP contribution in [0.4, 0.5) is 0 Å². The maximum atomic E-state index is 12.8. The van der Waals surface area contributed by atoms with E-state index in [1.807, 2.05) is 0 Å². The Balaban J connectivity index is 1.43. The lowest BCUT2D eigenvalue weighted by molar-refractivity contribution is -0.123. The number of ether oxygens (including phenoxy) is 3. The van der Waals surface area contributed by atoms with Crippen LogP contribution in [0.25, 0.3) is 0 Å². The maximum Gasteiger partial charge on any atom is 0.379 e. The number of aryl methyl sites for hydroxylation is 1. The standard InChI is InChI=1S/C26H22Cl2N2O7/c1-14-23-19(29-30-22(31)13-35-20-11-8-16(27)12-18(20)28)4-3-5-21(23)37-24(14)26(33)36-17-9-6-15(7-10-17)25(32)34-2/h6-12H,3-5,13H2,1-2H3,(H,30,31)/b29-19+. The van der Waals surface area contributed by atoms with Gasteiger partial charge in [0.15, 0.2) is 6.61 Å². The fourth-order valence-corrected chi connectivity index (χ4v) is 4.27. The zero-order valence-electron chi connectivity index (χ0n) is 19.9. The summed E-state index contributed by atoms with van der Waals surface area (Å²) in [6.07, 6.45) is 1.93. The van der Waals surface area contributed by atoms with Crippen molar-refractivity contribution in [2.24, 2.45) is 5.10 Å². The number of carbonyl (C=O) groups is 3. The van der Waals surface area contributed by atoms with E-state index in [4.69, 9.17) is 37.1 Å². The monoisotopic (exact) mass is 544 g/mol. The molecule has 0 saturated heterocycles. The van der Waals surface area contributed by atoms with E-state index in [2.05, 4.69) is 15.3 Å². The first-order valence-corrected chi connectivity index (χ1v) is 12.0. The summed E-state index contributed by atoms with van der Waals surface area (Å²) < 4.78 is 21.3. The zero-order chi connectivity index (χ0) is 26.5. The van der Waals surface area contributed by atoms with Crippen molar-refractivity contribution in [2.75, 3.05) is 13.7 Å². The maximum absolute atomic E-state index is 12.8. The van der Waals surface area contributed by atoms with Crippen LogP contribution in [0.15, 0.2) is 52.0 Å². The lowest BCUT2D eigenvalue weighted by Gasteiger charge is -2.13. The Bertz CT molecular complexity index is 1380. The number of halogens is 2. The Morgan fingerprint density at radius 3 is 2.51 bits per heavy atom. The highest BCUT2D eigenvalue weighted by Gasteiger charge is 2.29. The molecule has 9 nitrogen and oxygen atoms in total. The Kier molecular flexibility index (Phi) is 8.15. The Morgan fingerprint density at radius 1 is 1.05 bits per heavy atom. The van der Waals surface area contributed by atoms with Crippen molar-refractivity contribution in [2.45, 2.75) is 26.2 Å². The predicted molar refractivity (Wildman–Crippen MR) is 136 cm³/mol. The first kappa shape index (κ1) is 26.2. The molecule has 1 aliphatic rings. The molecule has 0 atom stereocenters. The Morgan fingerprint density at radius 2 is 1.81 bits per heavy atom. The molecule has 0 bridgehead atoms. The number of esters is 2. The number of nitrogens with one attached hydrogen (secondary N) is 1. The zero-order valence-corrected chi connectivity index (χ0v) is 21.4. The number of amides is 1. The minimum Gasteiger partial charge on any atom is -0.482 e. The van der Waals surface area contributed by atoms with Crippen molar-refractivity contribution in [3.63, 3.8) is 0 Å². The number of benzene rings is 2. The van der Waals surface area contributed by atoms with Crippen molar-refractivity contribution >= 4 is 46.8 Å². The second-order valence-corrected chi connectivity index (χ2v) is 8.91. The number of furan rings is 1. The average molecular weight is 545 g/mol. The van der Waals surface area contributed by atoms with Crippen LogP contribution in [0.2, 0.25) is 10.0 Å². The van der Waals surface area contributed by atoms with E-state index in [9.17, 15) is 14.4 Å². The van der Waals surface area contributed by atoms with Gasteiger partial charge in [-0.05, 0) is 62.2 Å². The SMILES string of the molecule is COC(=O)c1ccc(OC(=O)c2oc3c(c2C)/C(=N/NC(=O)COc2ccc(Cl)cc2Cl)CCC3)cc1. The summed E-state index contributed by atoms with van der Waals surface area (Å²) in [5, 5.41) is 5.00. The van der Waals surface area contributed by atoms with Crippen molar-refractivity contribution < 1.29 is 33.0 Å².